The van der Waals surface area contributed by atoms with Crippen molar-refractivity contribution in [3.8, 4) is 0 Å². The highest BCUT2D eigenvalue weighted by atomic mass is 32.2. The second-order valence-electron chi connectivity index (χ2n) is 3.01. The molecule has 1 N–H and O–H groups in total. The fraction of sp³-hybridized carbons (Fsp3) is 0.111. The molecule has 16 heavy (non-hydrogen) atoms. The molecular formula is C9H9N3O3S. The Kier molecular flexibility index (Phi) is 2.97. The van der Waals surface area contributed by atoms with Gasteiger partial charge in [0.1, 0.15) is 0 Å². The highest BCUT2D eigenvalue weighted by Crippen LogP contribution is 2.10. The molecule has 0 radical (unpaired) electrons. The molecule has 0 aliphatic rings. The van der Waals surface area contributed by atoms with Gasteiger partial charge < -0.3 is 0 Å². The van der Waals surface area contributed by atoms with E-state index in [0.717, 1.165) is 5.56 Å². The van der Waals surface area contributed by atoms with Crippen molar-refractivity contribution in [2.45, 2.75) is 11.6 Å². The Hall–Kier alpha value is -1.73. The number of aromatic amines is 1. The molecule has 1 aromatic carbocycles. The molecule has 0 fully saturated rings. The molecule has 6 nitrogen and oxygen atoms in total. The fourth-order valence-electron chi connectivity index (χ4n) is 1.09. The molecule has 1 heterocycles. The summed E-state index contributed by atoms with van der Waals surface area (Å²) in [6.45, 7) is -0.0178. The van der Waals surface area contributed by atoms with E-state index in [4.69, 9.17) is 4.18 Å². The lowest BCUT2D eigenvalue weighted by Gasteiger charge is -2.02. The number of nitrogens with zero attached hydrogens (tertiary/aromatic N) is 2. The van der Waals surface area contributed by atoms with Crippen molar-refractivity contribution in [1.29, 1.82) is 0 Å². The van der Waals surface area contributed by atoms with Crippen molar-refractivity contribution in [1.82, 2.24) is 15.4 Å². The van der Waals surface area contributed by atoms with Crippen LogP contribution >= 0.6 is 0 Å². The van der Waals surface area contributed by atoms with Gasteiger partial charge in [-0.2, -0.15) is 8.42 Å². The second kappa shape index (κ2) is 4.42. The molecule has 0 spiro atoms. The molecule has 84 valence electrons. The van der Waals surface area contributed by atoms with Crippen LogP contribution in [-0.4, -0.2) is 23.8 Å². The van der Waals surface area contributed by atoms with Crippen LogP contribution in [-0.2, 0) is 20.9 Å². The lowest BCUT2D eigenvalue weighted by molar-refractivity contribution is 0.306. The highest BCUT2D eigenvalue weighted by Gasteiger charge is 2.18. The van der Waals surface area contributed by atoms with Crippen molar-refractivity contribution >= 4 is 10.1 Å². The Morgan fingerprint density at radius 3 is 2.62 bits per heavy atom. The summed E-state index contributed by atoms with van der Waals surface area (Å²) >= 11 is 0. The zero-order valence-corrected chi connectivity index (χ0v) is 9.02. The van der Waals surface area contributed by atoms with Gasteiger partial charge in [0.25, 0.3) is 0 Å². The van der Waals surface area contributed by atoms with Crippen LogP contribution in [0.15, 0.2) is 41.6 Å². The topological polar surface area (TPSA) is 84.9 Å². The van der Waals surface area contributed by atoms with Gasteiger partial charge in [-0.05, 0) is 5.56 Å². The summed E-state index contributed by atoms with van der Waals surface area (Å²) in [4.78, 5) is 0. The van der Waals surface area contributed by atoms with Crippen molar-refractivity contribution in [2.75, 3.05) is 0 Å². The maximum absolute atomic E-state index is 11.5. The van der Waals surface area contributed by atoms with Gasteiger partial charge in [-0.25, -0.2) is 0 Å². The van der Waals surface area contributed by atoms with Crippen molar-refractivity contribution < 1.29 is 12.6 Å². The Morgan fingerprint density at radius 2 is 2.00 bits per heavy atom. The summed E-state index contributed by atoms with van der Waals surface area (Å²) < 4.78 is 27.9. The third kappa shape index (κ3) is 2.44. The average molecular weight is 239 g/mol. The van der Waals surface area contributed by atoms with Crippen LogP contribution in [0.5, 0.6) is 0 Å². The van der Waals surface area contributed by atoms with Crippen LogP contribution < -0.4 is 0 Å². The number of nitrogens with one attached hydrogen (secondary N) is 1. The lowest BCUT2D eigenvalue weighted by atomic mass is 10.2. The molecular weight excluding hydrogens is 230 g/mol. The van der Waals surface area contributed by atoms with Crippen LogP contribution in [0, 0.1) is 0 Å². The summed E-state index contributed by atoms with van der Waals surface area (Å²) in [6, 6.07) is 9.01. The molecule has 0 bridgehead atoms. The molecule has 0 atom stereocenters. The minimum atomic E-state index is -3.82. The van der Waals surface area contributed by atoms with E-state index in [-0.39, 0.29) is 11.6 Å². The maximum Gasteiger partial charge on any atom is 0.318 e. The number of H-pyrrole nitrogens is 1. The zero-order chi connectivity index (χ0) is 11.4. The summed E-state index contributed by atoms with van der Waals surface area (Å²) in [7, 11) is -3.82. The molecule has 0 unspecified atom stereocenters. The van der Waals surface area contributed by atoms with E-state index in [9.17, 15) is 8.42 Å². The van der Waals surface area contributed by atoms with Gasteiger partial charge in [0, 0.05) is 0 Å². The van der Waals surface area contributed by atoms with E-state index in [1.165, 1.54) is 6.20 Å². The minimum Gasteiger partial charge on any atom is -0.264 e. The third-order valence-corrected chi connectivity index (χ3v) is 3.01. The van der Waals surface area contributed by atoms with Crippen molar-refractivity contribution in [2.24, 2.45) is 0 Å². The quantitative estimate of drug-likeness (QED) is 0.794. The molecule has 0 aliphatic heterocycles. The maximum atomic E-state index is 11.5. The number of benzene rings is 1. The van der Waals surface area contributed by atoms with Crippen molar-refractivity contribution in [3.05, 3.63) is 42.1 Å². The smallest absolute Gasteiger partial charge is 0.264 e. The van der Waals surface area contributed by atoms with Gasteiger partial charge in [0.15, 0.2) is 0 Å². The molecule has 1 aromatic heterocycles. The van der Waals surface area contributed by atoms with Gasteiger partial charge in [0.2, 0.25) is 5.03 Å². The Balaban J connectivity index is 2.07. The molecule has 0 aliphatic carbocycles. The van der Waals surface area contributed by atoms with Gasteiger partial charge >= 0.3 is 10.1 Å². The largest absolute Gasteiger partial charge is 0.318 e. The van der Waals surface area contributed by atoms with Crippen LogP contribution in [0.25, 0.3) is 0 Å². The molecule has 2 aromatic rings. The highest BCUT2D eigenvalue weighted by molar-refractivity contribution is 7.86. The first-order valence-corrected chi connectivity index (χ1v) is 5.89. The number of rotatable bonds is 4. The van der Waals surface area contributed by atoms with E-state index in [0.29, 0.717) is 0 Å². The molecule has 2 rings (SSSR count). The summed E-state index contributed by atoms with van der Waals surface area (Å²) in [6.07, 6.45) is 1.17. The van der Waals surface area contributed by atoms with Crippen LogP contribution in [0.4, 0.5) is 0 Å². The molecule has 0 saturated heterocycles. The van der Waals surface area contributed by atoms with Crippen LogP contribution in [0.2, 0.25) is 0 Å². The van der Waals surface area contributed by atoms with Gasteiger partial charge in [-0.1, -0.05) is 35.5 Å². The van der Waals surface area contributed by atoms with Crippen molar-refractivity contribution in [3.63, 3.8) is 0 Å². The Morgan fingerprint density at radius 1 is 1.25 bits per heavy atom. The monoisotopic (exact) mass is 239 g/mol. The first kappa shape index (κ1) is 10.8. The first-order valence-electron chi connectivity index (χ1n) is 4.48. The molecule has 0 saturated carbocycles. The second-order valence-corrected chi connectivity index (χ2v) is 4.58. The standard InChI is InChI=1S/C9H9N3O3S/c13-16(14,9-6-10-12-11-9)15-7-8-4-2-1-3-5-8/h1-6H,7H2,(H,10,11,12). The summed E-state index contributed by atoms with van der Waals surface area (Å²) in [5, 5.41) is 8.79. The number of aromatic nitrogens is 3. The summed E-state index contributed by atoms with van der Waals surface area (Å²) in [5.41, 5.74) is 0.773. The number of hydrogen-bond donors (Lipinski definition) is 1. The predicted molar refractivity (Wildman–Crippen MR) is 54.8 cm³/mol. The predicted octanol–water partition coefficient (Wildman–Crippen LogP) is 0.710. The van der Waals surface area contributed by atoms with E-state index >= 15 is 0 Å². The first-order chi connectivity index (χ1) is 7.68. The average Bonchev–Trinajstić information content (AvgIpc) is 2.82. The zero-order valence-electron chi connectivity index (χ0n) is 8.20. The normalized spacial score (nSPS) is 11.5. The SMILES string of the molecule is O=S(=O)(OCc1ccccc1)c1c[nH]nn1. The van der Waals surface area contributed by atoms with E-state index in [1.54, 1.807) is 24.3 Å². The lowest BCUT2D eigenvalue weighted by Crippen LogP contribution is -2.06. The number of hydrogen-bond acceptors (Lipinski definition) is 5. The fourth-order valence-corrected chi connectivity index (χ4v) is 1.84. The molecule has 0 amide bonds. The van der Waals surface area contributed by atoms with E-state index in [2.05, 4.69) is 15.4 Å². The Bertz CT molecular complexity index is 537. The van der Waals surface area contributed by atoms with Crippen LogP contribution in [0.3, 0.4) is 0 Å². The summed E-state index contributed by atoms with van der Waals surface area (Å²) in [5.74, 6) is 0. The third-order valence-electron chi connectivity index (χ3n) is 1.87. The minimum absolute atomic E-state index is 0.0178. The van der Waals surface area contributed by atoms with Crippen LogP contribution in [0.1, 0.15) is 5.56 Å². The van der Waals surface area contributed by atoms with E-state index in [1.807, 2.05) is 6.07 Å². The van der Waals surface area contributed by atoms with E-state index < -0.39 is 10.1 Å². The Labute approximate surface area is 92.4 Å². The van der Waals surface area contributed by atoms with Gasteiger partial charge in [-0.3, -0.25) is 9.28 Å². The molecule has 7 heteroatoms. The van der Waals surface area contributed by atoms with Gasteiger partial charge in [-0.15, -0.1) is 5.10 Å². The van der Waals surface area contributed by atoms with Gasteiger partial charge in [0.05, 0.1) is 12.8 Å².